The topological polar surface area (TPSA) is 53.9 Å². The van der Waals surface area contributed by atoms with Gasteiger partial charge in [0.25, 0.3) is 0 Å². The Kier molecular flexibility index (Phi) is 5.79. The molecule has 0 aliphatic carbocycles. The molecule has 1 N–H and O–H groups in total. The Bertz CT molecular complexity index is 1160. The molecule has 3 heterocycles. The van der Waals surface area contributed by atoms with Crippen LogP contribution in [0.15, 0.2) is 36.7 Å². The molecule has 4 rings (SSSR count). The van der Waals surface area contributed by atoms with Crippen LogP contribution in [0.5, 0.6) is 0 Å². The highest BCUT2D eigenvalue weighted by Crippen LogP contribution is 2.35. The Morgan fingerprint density at radius 1 is 1.16 bits per heavy atom. The Morgan fingerprint density at radius 2 is 2.00 bits per heavy atom. The van der Waals surface area contributed by atoms with Crippen molar-refractivity contribution in [3.63, 3.8) is 0 Å². The predicted octanol–water partition coefficient (Wildman–Crippen LogP) is 4.59. The zero-order chi connectivity index (χ0) is 22.0. The third-order valence-corrected chi connectivity index (χ3v) is 5.41. The largest absolute Gasteiger partial charge is 0.416 e. The first kappa shape index (κ1) is 21.1. The van der Waals surface area contributed by atoms with E-state index in [2.05, 4.69) is 44.3 Å². The number of likely N-dealkylation sites (tertiary alicyclic amines) is 1. The SMILES string of the molecule is CC#Cc1cc(C(F)(F)F)ccc1-c1nnc(NC2CCCN(C)C2)c2cnccc12. The molecule has 31 heavy (non-hydrogen) atoms. The molecular formula is C23H22F3N5. The number of alkyl halides is 3. The highest BCUT2D eigenvalue weighted by Gasteiger charge is 2.31. The van der Waals surface area contributed by atoms with Gasteiger partial charge in [-0.15, -0.1) is 16.1 Å². The van der Waals surface area contributed by atoms with Gasteiger partial charge in [-0.1, -0.05) is 12.0 Å². The molecule has 1 aliphatic rings. The number of aromatic nitrogens is 3. The van der Waals surface area contributed by atoms with Gasteiger partial charge in [0.1, 0.15) is 5.69 Å². The van der Waals surface area contributed by atoms with E-state index in [9.17, 15) is 13.2 Å². The van der Waals surface area contributed by atoms with Gasteiger partial charge >= 0.3 is 6.18 Å². The fraction of sp³-hybridized carbons (Fsp3) is 0.348. The minimum Gasteiger partial charge on any atom is -0.364 e. The summed E-state index contributed by atoms with van der Waals surface area (Å²) in [6.07, 6.45) is 1.03. The smallest absolute Gasteiger partial charge is 0.364 e. The second-order valence-corrected chi connectivity index (χ2v) is 7.70. The summed E-state index contributed by atoms with van der Waals surface area (Å²) >= 11 is 0. The lowest BCUT2D eigenvalue weighted by Gasteiger charge is -2.30. The maximum atomic E-state index is 13.2. The van der Waals surface area contributed by atoms with E-state index in [0.29, 0.717) is 17.1 Å². The van der Waals surface area contributed by atoms with Gasteiger partial charge in [-0.25, -0.2) is 0 Å². The number of piperidine rings is 1. The van der Waals surface area contributed by atoms with Crippen LogP contribution in [0.25, 0.3) is 22.0 Å². The molecule has 0 saturated carbocycles. The highest BCUT2D eigenvalue weighted by atomic mass is 19.4. The number of hydrogen-bond donors (Lipinski definition) is 1. The lowest BCUT2D eigenvalue weighted by molar-refractivity contribution is -0.137. The quantitative estimate of drug-likeness (QED) is 0.622. The van der Waals surface area contributed by atoms with Crippen molar-refractivity contribution in [3.8, 4) is 23.1 Å². The van der Waals surface area contributed by atoms with Gasteiger partial charge in [0, 0.05) is 46.9 Å². The minimum absolute atomic E-state index is 0.245. The van der Waals surface area contributed by atoms with Gasteiger partial charge in [0.05, 0.1) is 5.56 Å². The van der Waals surface area contributed by atoms with E-state index in [1.54, 1.807) is 25.4 Å². The molecule has 160 valence electrons. The zero-order valence-corrected chi connectivity index (χ0v) is 17.3. The lowest BCUT2D eigenvalue weighted by atomic mass is 9.98. The van der Waals surface area contributed by atoms with Gasteiger partial charge in [-0.2, -0.15) is 13.2 Å². The van der Waals surface area contributed by atoms with Crippen molar-refractivity contribution in [3.05, 3.63) is 47.8 Å². The first-order valence-electron chi connectivity index (χ1n) is 10.1. The van der Waals surface area contributed by atoms with Crippen molar-refractivity contribution in [2.75, 3.05) is 25.5 Å². The summed E-state index contributed by atoms with van der Waals surface area (Å²) < 4.78 is 39.6. The normalized spacial score (nSPS) is 17.3. The predicted molar refractivity (Wildman–Crippen MR) is 114 cm³/mol. The number of hydrogen-bond acceptors (Lipinski definition) is 5. The van der Waals surface area contributed by atoms with Crippen molar-refractivity contribution in [1.82, 2.24) is 20.1 Å². The molecule has 1 unspecified atom stereocenters. The van der Waals surface area contributed by atoms with E-state index in [4.69, 9.17) is 0 Å². The van der Waals surface area contributed by atoms with Gasteiger partial charge in [0.15, 0.2) is 5.82 Å². The van der Waals surface area contributed by atoms with Crippen LogP contribution in [-0.2, 0) is 6.18 Å². The van der Waals surface area contributed by atoms with Crippen LogP contribution in [0.1, 0.15) is 30.9 Å². The average Bonchev–Trinajstić information content (AvgIpc) is 2.74. The average molecular weight is 425 g/mol. The van der Waals surface area contributed by atoms with E-state index >= 15 is 0 Å². The summed E-state index contributed by atoms with van der Waals surface area (Å²) in [5.74, 6) is 6.11. The summed E-state index contributed by atoms with van der Waals surface area (Å²) in [7, 11) is 2.09. The number of rotatable bonds is 3. The van der Waals surface area contributed by atoms with Gasteiger partial charge in [0.2, 0.25) is 0 Å². The number of halogens is 3. The number of likely N-dealkylation sites (N-methyl/N-ethyl adjacent to an activating group) is 1. The molecule has 8 heteroatoms. The molecule has 5 nitrogen and oxygen atoms in total. The second kappa shape index (κ2) is 8.52. The monoisotopic (exact) mass is 425 g/mol. The van der Waals surface area contributed by atoms with E-state index in [1.807, 2.05) is 0 Å². The summed E-state index contributed by atoms with van der Waals surface area (Å²) in [5, 5.41) is 13.8. The van der Waals surface area contributed by atoms with E-state index < -0.39 is 11.7 Å². The Balaban J connectivity index is 1.80. The number of anilines is 1. The van der Waals surface area contributed by atoms with Crippen molar-refractivity contribution >= 4 is 16.6 Å². The third-order valence-electron chi connectivity index (χ3n) is 5.41. The Hall–Kier alpha value is -3.18. The summed E-state index contributed by atoms with van der Waals surface area (Å²) in [6, 6.07) is 5.57. The molecule has 0 bridgehead atoms. The van der Waals surface area contributed by atoms with E-state index in [1.165, 1.54) is 6.07 Å². The standard InChI is InChI=1S/C23H22F3N5/c1-3-5-15-12-16(23(24,25)26)7-8-18(15)21-19-9-10-27-13-20(19)22(30-29-21)28-17-6-4-11-31(2)14-17/h7-10,12-13,17H,4,6,11,14H2,1-2H3,(H,28,30). The third kappa shape index (κ3) is 4.47. The molecule has 1 aromatic carbocycles. The summed E-state index contributed by atoms with van der Waals surface area (Å²) in [4.78, 5) is 6.49. The first-order chi connectivity index (χ1) is 14.9. The number of benzene rings is 1. The van der Waals surface area contributed by atoms with Crippen molar-refractivity contribution in [2.24, 2.45) is 0 Å². The minimum atomic E-state index is -4.44. The molecule has 0 spiro atoms. The molecule has 3 aromatic rings. The first-order valence-corrected chi connectivity index (χ1v) is 10.1. The van der Waals surface area contributed by atoms with E-state index in [-0.39, 0.29) is 11.6 Å². The number of fused-ring (bicyclic) bond motifs is 1. The second-order valence-electron chi connectivity index (χ2n) is 7.70. The lowest BCUT2D eigenvalue weighted by Crippen LogP contribution is -2.40. The Labute approximate surface area is 178 Å². The van der Waals surface area contributed by atoms with Gasteiger partial charge < -0.3 is 10.2 Å². The summed E-state index contributed by atoms with van der Waals surface area (Å²) in [5.41, 5.74) is 0.511. The molecular weight excluding hydrogens is 403 g/mol. The number of pyridine rings is 1. The fourth-order valence-electron chi connectivity index (χ4n) is 3.95. The van der Waals surface area contributed by atoms with Crippen LogP contribution >= 0.6 is 0 Å². The molecule has 0 amide bonds. The molecule has 1 aliphatic heterocycles. The van der Waals surface area contributed by atoms with Crippen LogP contribution in [0, 0.1) is 11.8 Å². The maximum Gasteiger partial charge on any atom is 0.416 e. The molecule has 0 radical (unpaired) electrons. The maximum absolute atomic E-state index is 13.2. The van der Waals surface area contributed by atoms with E-state index in [0.717, 1.165) is 48.8 Å². The van der Waals surface area contributed by atoms with Crippen LogP contribution in [0.4, 0.5) is 19.0 Å². The van der Waals surface area contributed by atoms with Crippen molar-refractivity contribution in [2.45, 2.75) is 32.0 Å². The molecule has 1 fully saturated rings. The van der Waals surface area contributed by atoms with Crippen molar-refractivity contribution < 1.29 is 13.2 Å². The number of nitrogens with zero attached hydrogens (tertiary/aromatic N) is 4. The van der Waals surface area contributed by atoms with Crippen LogP contribution in [0.2, 0.25) is 0 Å². The summed E-state index contributed by atoms with van der Waals surface area (Å²) in [6.45, 7) is 3.56. The molecule has 2 aromatic heterocycles. The molecule has 1 saturated heterocycles. The Morgan fingerprint density at radius 3 is 2.74 bits per heavy atom. The van der Waals surface area contributed by atoms with Gasteiger partial charge in [-0.05, 0) is 51.6 Å². The van der Waals surface area contributed by atoms with Crippen LogP contribution < -0.4 is 5.32 Å². The molecule has 1 atom stereocenters. The fourth-order valence-corrected chi connectivity index (χ4v) is 3.95. The van der Waals surface area contributed by atoms with Crippen LogP contribution in [0.3, 0.4) is 0 Å². The highest BCUT2D eigenvalue weighted by molar-refractivity contribution is 6.00. The number of nitrogens with one attached hydrogen (secondary N) is 1. The zero-order valence-electron chi connectivity index (χ0n) is 17.3. The van der Waals surface area contributed by atoms with Gasteiger partial charge in [-0.3, -0.25) is 4.98 Å². The van der Waals surface area contributed by atoms with Crippen molar-refractivity contribution in [1.29, 1.82) is 0 Å². The van der Waals surface area contributed by atoms with Crippen LogP contribution in [-0.4, -0.2) is 46.3 Å².